The molecule has 10 heavy (non-hydrogen) atoms. The Morgan fingerprint density at radius 3 is 2.80 bits per heavy atom. The highest BCUT2D eigenvalue weighted by molar-refractivity contribution is 4.65. The molecule has 0 rings (SSSR count). The quantitative estimate of drug-likeness (QED) is 0.472. The minimum atomic E-state index is -0.615. The van der Waals surface area contributed by atoms with Crippen molar-refractivity contribution in [3.63, 3.8) is 0 Å². The topological polar surface area (TPSA) is 29.5 Å². The average Bonchev–Trinajstić information content (AvgIpc) is 1.97. The lowest BCUT2D eigenvalue weighted by atomic mass is 10.2. The summed E-state index contributed by atoms with van der Waals surface area (Å²) in [5.41, 5.74) is 0. The minimum Gasteiger partial charge on any atom is -0.473 e. The van der Waals surface area contributed by atoms with Crippen LogP contribution in [0.3, 0.4) is 0 Å². The summed E-state index contributed by atoms with van der Waals surface area (Å²) >= 11 is 0. The van der Waals surface area contributed by atoms with Gasteiger partial charge in [-0.25, -0.2) is 0 Å². The molecule has 0 aromatic rings. The third kappa shape index (κ3) is 5.63. The predicted octanol–water partition coefficient (Wildman–Crippen LogP) is 2.05. The molecule has 1 N–H and O–H groups in total. The van der Waals surface area contributed by atoms with Gasteiger partial charge >= 0.3 is 0 Å². The maximum atomic E-state index is 9.04. The maximum absolute atomic E-state index is 9.04. The van der Waals surface area contributed by atoms with E-state index in [1.165, 1.54) is 6.26 Å². The van der Waals surface area contributed by atoms with Crippen LogP contribution in [0.2, 0.25) is 0 Å². The zero-order chi connectivity index (χ0) is 7.82. The van der Waals surface area contributed by atoms with E-state index < -0.39 is 6.29 Å². The first-order valence-corrected chi connectivity index (χ1v) is 3.76. The fraction of sp³-hybridized carbons (Fsp3) is 0.750. The van der Waals surface area contributed by atoms with E-state index in [1.807, 2.05) is 6.92 Å². The van der Waals surface area contributed by atoms with Crippen molar-refractivity contribution >= 4 is 0 Å². The van der Waals surface area contributed by atoms with Gasteiger partial charge in [0.25, 0.3) is 0 Å². The SMILES string of the molecule is CC=COC(O)CCCC. The summed E-state index contributed by atoms with van der Waals surface area (Å²) in [5.74, 6) is 0. The third-order valence-corrected chi connectivity index (χ3v) is 1.18. The Morgan fingerprint density at radius 1 is 1.60 bits per heavy atom. The molecule has 0 saturated heterocycles. The summed E-state index contributed by atoms with van der Waals surface area (Å²) in [6.07, 6.45) is 5.49. The molecule has 2 nitrogen and oxygen atoms in total. The number of aliphatic hydroxyl groups is 1. The van der Waals surface area contributed by atoms with Crippen LogP contribution in [0.1, 0.15) is 33.1 Å². The van der Waals surface area contributed by atoms with Crippen LogP contribution < -0.4 is 0 Å². The second kappa shape index (κ2) is 6.62. The van der Waals surface area contributed by atoms with Gasteiger partial charge in [0.2, 0.25) is 0 Å². The van der Waals surface area contributed by atoms with Gasteiger partial charge in [-0.2, -0.15) is 0 Å². The van der Waals surface area contributed by atoms with Crippen LogP contribution in [0.4, 0.5) is 0 Å². The molecule has 0 spiro atoms. The second-order valence-electron chi connectivity index (χ2n) is 2.20. The number of aliphatic hydroxyl groups excluding tert-OH is 1. The van der Waals surface area contributed by atoms with Crippen molar-refractivity contribution in [2.45, 2.75) is 39.4 Å². The van der Waals surface area contributed by atoms with Crippen molar-refractivity contribution in [1.82, 2.24) is 0 Å². The first-order chi connectivity index (χ1) is 4.81. The van der Waals surface area contributed by atoms with Crippen LogP contribution in [0, 0.1) is 0 Å². The molecule has 0 radical (unpaired) electrons. The smallest absolute Gasteiger partial charge is 0.196 e. The van der Waals surface area contributed by atoms with Crippen molar-refractivity contribution in [2.24, 2.45) is 0 Å². The largest absolute Gasteiger partial charge is 0.473 e. The van der Waals surface area contributed by atoms with Gasteiger partial charge in [-0.15, -0.1) is 0 Å². The van der Waals surface area contributed by atoms with E-state index in [2.05, 4.69) is 6.92 Å². The number of unbranched alkanes of at least 4 members (excludes halogenated alkanes) is 1. The Morgan fingerprint density at radius 2 is 2.30 bits per heavy atom. The average molecular weight is 144 g/mol. The Bertz CT molecular complexity index is 89.3. The van der Waals surface area contributed by atoms with Crippen LogP contribution in [0.25, 0.3) is 0 Å². The van der Waals surface area contributed by atoms with E-state index >= 15 is 0 Å². The molecule has 0 aromatic heterocycles. The van der Waals surface area contributed by atoms with Gasteiger partial charge in [0.15, 0.2) is 6.29 Å². The summed E-state index contributed by atoms with van der Waals surface area (Å²) < 4.78 is 4.87. The number of hydrogen-bond acceptors (Lipinski definition) is 2. The lowest BCUT2D eigenvalue weighted by Gasteiger charge is -2.07. The van der Waals surface area contributed by atoms with Crippen molar-refractivity contribution in [1.29, 1.82) is 0 Å². The first-order valence-electron chi connectivity index (χ1n) is 3.76. The summed E-state index contributed by atoms with van der Waals surface area (Å²) in [6, 6.07) is 0. The number of hydrogen-bond donors (Lipinski definition) is 1. The van der Waals surface area contributed by atoms with Gasteiger partial charge in [0.1, 0.15) is 0 Å². The molecule has 0 fully saturated rings. The van der Waals surface area contributed by atoms with Crippen LogP contribution in [0.5, 0.6) is 0 Å². The van der Waals surface area contributed by atoms with Gasteiger partial charge in [0.05, 0.1) is 6.26 Å². The number of ether oxygens (including phenoxy) is 1. The highest BCUT2D eigenvalue weighted by Crippen LogP contribution is 2.01. The van der Waals surface area contributed by atoms with Crippen LogP contribution in [-0.2, 0) is 4.74 Å². The summed E-state index contributed by atoms with van der Waals surface area (Å²) in [5, 5.41) is 9.04. The standard InChI is InChI=1S/C8H16O2/c1-3-5-6-8(9)10-7-4-2/h4,7-9H,3,5-6H2,1-2H3. The molecule has 0 amide bonds. The normalized spacial score (nSPS) is 13.9. The molecular formula is C8H16O2. The highest BCUT2D eigenvalue weighted by atomic mass is 16.6. The number of allylic oxidation sites excluding steroid dienone is 1. The van der Waals surface area contributed by atoms with E-state index in [0.29, 0.717) is 0 Å². The third-order valence-electron chi connectivity index (χ3n) is 1.18. The second-order valence-corrected chi connectivity index (χ2v) is 2.20. The van der Waals surface area contributed by atoms with Gasteiger partial charge in [-0.1, -0.05) is 19.4 Å². The summed E-state index contributed by atoms with van der Waals surface area (Å²) in [7, 11) is 0. The lowest BCUT2D eigenvalue weighted by molar-refractivity contribution is -0.0572. The van der Waals surface area contributed by atoms with Crippen LogP contribution >= 0.6 is 0 Å². The fourth-order valence-corrected chi connectivity index (χ4v) is 0.616. The Hall–Kier alpha value is -0.500. The molecule has 0 aliphatic carbocycles. The summed E-state index contributed by atoms with van der Waals surface area (Å²) in [4.78, 5) is 0. The van der Waals surface area contributed by atoms with Crippen molar-refractivity contribution in [2.75, 3.05) is 0 Å². The zero-order valence-electron chi connectivity index (χ0n) is 6.71. The van der Waals surface area contributed by atoms with E-state index in [-0.39, 0.29) is 0 Å². The molecule has 0 heterocycles. The van der Waals surface area contributed by atoms with E-state index in [9.17, 15) is 0 Å². The van der Waals surface area contributed by atoms with Crippen LogP contribution in [-0.4, -0.2) is 11.4 Å². The maximum Gasteiger partial charge on any atom is 0.196 e. The zero-order valence-corrected chi connectivity index (χ0v) is 6.71. The molecule has 0 saturated carbocycles. The minimum absolute atomic E-state index is 0.615. The summed E-state index contributed by atoms with van der Waals surface area (Å²) in [6.45, 7) is 3.94. The van der Waals surface area contributed by atoms with Crippen LogP contribution in [0.15, 0.2) is 12.3 Å². The van der Waals surface area contributed by atoms with E-state index in [0.717, 1.165) is 19.3 Å². The molecule has 1 atom stereocenters. The van der Waals surface area contributed by atoms with E-state index in [4.69, 9.17) is 9.84 Å². The molecule has 60 valence electrons. The van der Waals surface area contributed by atoms with E-state index in [1.54, 1.807) is 6.08 Å². The molecule has 2 heteroatoms. The van der Waals surface area contributed by atoms with Crippen molar-refractivity contribution < 1.29 is 9.84 Å². The van der Waals surface area contributed by atoms with Crippen molar-refractivity contribution in [3.8, 4) is 0 Å². The monoisotopic (exact) mass is 144 g/mol. The molecule has 0 aliphatic heterocycles. The predicted molar refractivity (Wildman–Crippen MR) is 41.4 cm³/mol. The molecule has 0 aromatic carbocycles. The molecular weight excluding hydrogens is 128 g/mol. The van der Waals surface area contributed by atoms with Gasteiger partial charge in [0, 0.05) is 6.42 Å². The highest BCUT2D eigenvalue weighted by Gasteiger charge is 1.98. The Labute approximate surface area is 62.5 Å². The molecule has 0 aliphatic rings. The van der Waals surface area contributed by atoms with Gasteiger partial charge in [-0.3, -0.25) is 0 Å². The lowest BCUT2D eigenvalue weighted by Crippen LogP contribution is -2.07. The number of rotatable bonds is 5. The van der Waals surface area contributed by atoms with Gasteiger partial charge < -0.3 is 9.84 Å². The molecule has 0 bridgehead atoms. The van der Waals surface area contributed by atoms with Crippen molar-refractivity contribution in [3.05, 3.63) is 12.3 Å². The van der Waals surface area contributed by atoms with Gasteiger partial charge in [-0.05, 0) is 13.3 Å². The molecule has 1 unspecified atom stereocenters. The Kier molecular flexibility index (Phi) is 6.29. The Balaban J connectivity index is 3.16. The first kappa shape index (κ1) is 9.50. The fourth-order valence-electron chi connectivity index (χ4n) is 0.616.